The Kier molecular flexibility index (Phi) is 6.14. The van der Waals surface area contributed by atoms with Gasteiger partial charge >= 0.3 is 11.9 Å². The van der Waals surface area contributed by atoms with Crippen molar-refractivity contribution < 1.29 is 29.6 Å². The molecule has 6 N–H and O–H groups in total. The molecule has 12 heteroatoms. The van der Waals surface area contributed by atoms with E-state index in [1.54, 1.807) is 0 Å². The normalized spacial score (nSPS) is 9.54. The highest BCUT2D eigenvalue weighted by molar-refractivity contribution is 5.94. The SMILES string of the molecule is Nc1cc([N+](=O)[O-])ccc1C(=O)O.Nc1cc([N+](=O)[O-])ccc1C(=O)O. The van der Waals surface area contributed by atoms with Gasteiger partial charge in [-0.2, -0.15) is 0 Å². The van der Waals surface area contributed by atoms with Gasteiger partial charge in [-0.15, -0.1) is 0 Å². The molecule has 2 rings (SSSR count). The minimum absolute atomic E-state index is 0.110. The van der Waals surface area contributed by atoms with Gasteiger partial charge in [-0.1, -0.05) is 0 Å². The third-order valence-corrected chi connectivity index (χ3v) is 2.95. The van der Waals surface area contributed by atoms with Gasteiger partial charge in [0.25, 0.3) is 11.4 Å². The topological polar surface area (TPSA) is 213 Å². The van der Waals surface area contributed by atoms with E-state index in [-0.39, 0.29) is 33.9 Å². The van der Waals surface area contributed by atoms with E-state index in [0.29, 0.717) is 0 Å². The monoisotopic (exact) mass is 364 g/mol. The lowest BCUT2D eigenvalue weighted by atomic mass is 10.1. The van der Waals surface area contributed by atoms with Crippen LogP contribution in [0.25, 0.3) is 0 Å². The molecule has 0 atom stereocenters. The number of nitrogen functional groups attached to an aromatic ring is 2. The number of aromatic carboxylic acids is 2. The summed E-state index contributed by atoms with van der Waals surface area (Å²) >= 11 is 0. The molecule has 0 heterocycles. The van der Waals surface area contributed by atoms with E-state index in [4.69, 9.17) is 21.7 Å². The summed E-state index contributed by atoms with van der Waals surface area (Å²) < 4.78 is 0. The molecule has 0 fully saturated rings. The number of nitrogens with two attached hydrogens (primary N) is 2. The quantitative estimate of drug-likeness (QED) is 0.350. The number of non-ortho nitro benzene ring substituents is 2. The number of hydrogen-bond acceptors (Lipinski definition) is 8. The Hall–Kier alpha value is -4.22. The first kappa shape index (κ1) is 19.8. The van der Waals surface area contributed by atoms with E-state index in [9.17, 15) is 29.8 Å². The Morgan fingerprint density at radius 3 is 1.27 bits per heavy atom. The summed E-state index contributed by atoms with van der Waals surface area (Å²) in [5, 5.41) is 37.6. The Labute approximate surface area is 144 Å². The molecule has 26 heavy (non-hydrogen) atoms. The van der Waals surface area contributed by atoms with Crippen molar-refractivity contribution in [1.82, 2.24) is 0 Å². The van der Waals surface area contributed by atoms with Gasteiger partial charge in [0.05, 0.1) is 32.3 Å². The van der Waals surface area contributed by atoms with Gasteiger partial charge in [-0.05, 0) is 12.1 Å². The zero-order valence-electron chi connectivity index (χ0n) is 12.9. The van der Waals surface area contributed by atoms with Crippen LogP contribution in [0.4, 0.5) is 22.7 Å². The molecular formula is C14H12N4O8. The molecule has 0 amide bonds. The van der Waals surface area contributed by atoms with Gasteiger partial charge in [-0.3, -0.25) is 20.2 Å². The fourth-order valence-electron chi connectivity index (χ4n) is 1.72. The van der Waals surface area contributed by atoms with Crippen LogP contribution in [0.15, 0.2) is 36.4 Å². The molecule has 0 aliphatic rings. The fraction of sp³-hybridized carbons (Fsp3) is 0. The number of nitrogens with zero attached hydrogens (tertiary/aromatic N) is 2. The standard InChI is InChI=1S/2C7H6N2O4/c2*8-6-3-4(9(12)13)1-2-5(6)7(10)11/h2*1-3H,8H2,(H,10,11). The average Bonchev–Trinajstić information content (AvgIpc) is 2.54. The maximum absolute atomic E-state index is 10.5. The summed E-state index contributed by atoms with van der Waals surface area (Å²) in [6, 6.07) is 6.44. The minimum atomic E-state index is -1.20. The highest BCUT2D eigenvalue weighted by Crippen LogP contribution is 2.20. The largest absolute Gasteiger partial charge is 0.478 e. The minimum Gasteiger partial charge on any atom is -0.478 e. The first-order chi connectivity index (χ1) is 12.0. The molecule has 0 bridgehead atoms. The molecule has 0 aliphatic carbocycles. The van der Waals surface area contributed by atoms with Crippen molar-refractivity contribution in [3.8, 4) is 0 Å². The highest BCUT2D eigenvalue weighted by Gasteiger charge is 2.13. The molecule has 0 saturated heterocycles. The predicted octanol–water partition coefficient (Wildman–Crippen LogP) is 1.75. The molecule has 0 saturated carbocycles. The van der Waals surface area contributed by atoms with Crippen LogP contribution in [0.3, 0.4) is 0 Å². The molecule has 2 aromatic carbocycles. The fourth-order valence-corrected chi connectivity index (χ4v) is 1.72. The summed E-state index contributed by atoms with van der Waals surface area (Å²) in [6.07, 6.45) is 0. The van der Waals surface area contributed by atoms with Gasteiger partial charge in [0.15, 0.2) is 0 Å². The van der Waals surface area contributed by atoms with Gasteiger partial charge in [0, 0.05) is 24.3 Å². The van der Waals surface area contributed by atoms with Gasteiger partial charge < -0.3 is 21.7 Å². The summed E-state index contributed by atoms with van der Waals surface area (Å²) in [6.45, 7) is 0. The maximum Gasteiger partial charge on any atom is 0.337 e. The summed E-state index contributed by atoms with van der Waals surface area (Å²) in [5.74, 6) is -2.40. The van der Waals surface area contributed by atoms with E-state index in [2.05, 4.69) is 0 Å². The zero-order valence-corrected chi connectivity index (χ0v) is 12.9. The molecule has 0 unspecified atom stereocenters. The van der Waals surface area contributed by atoms with E-state index in [0.717, 1.165) is 36.4 Å². The second-order valence-corrected chi connectivity index (χ2v) is 4.67. The number of carbonyl (C=O) groups is 2. The molecule has 0 radical (unpaired) electrons. The number of carboxylic acids is 2. The first-order valence-electron chi connectivity index (χ1n) is 6.59. The van der Waals surface area contributed by atoms with E-state index in [1.807, 2.05) is 0 Å². The summed E-state index contributed by atoms with van der Waals surface area (Å²) in [4.78, 5) is 40.1. The number of nitro benzene ring substituents is 2. The smallest absolute Gasteiger partial charge is 0.337 e. The molecule has 12 nitrogen and oxygen atoms in total. The van der Waals surface area contributed by atoms with E-state index >= 15 is 0 Å². The third kappa shape index (κ3) is 4.89. The van der Waals surface area contributed by atoms with Crippen LogP contribution in [-0.4, -0.2) is 32.0 Å². The zero-order chi connectivity index (χ0) is 20.0. The maximum atomic E-state index is 10.5. The first-order valence-corrected chi connectivity index (χ1v) is 6.59. The Balaban J connectivity index is 0.000000260. The lowest BCUT2D eigenvalue weighted by Gasteiger charge is -1.98. The number of rotatable bonds is 4. The van der Waals surface area contributed by atoms with Gasteiger partial charge in [-0.25, -0.2) is 9.59 Å². The van der Waals surface area contributed by atoms with Crippen LogP contribution < -0.4 is 11.5 Å². The van der Waals surface area contributed by atoms with Crippen molar-refractivity contribution >= 4 is 34.7 Å². The summed E-state index contributed by atoms with van der Waals surface area (Å²) in [5.41, 5.74) is 9.62. The van der Waals surface area contributed by atoms with Crippen LogP contribution in [0.5, 0.6) is 0 Å². The molecule has 0 aliphatic heterocycles. The van der Waals surface area contributed by atoms with Crippen LogP contribution in [0.1, 0.15) is 20.7 Å². The van der Waals surface area contributed by atoms with Crippen LogP contribution in [0, 0.1) is 20.2 Å². The van der Waals surface area contributed by atoms with Crippen LogP contribution in [0.2, 0.25) is 0 Å². The molecule has 2 aromatic rings. The van der Waals surface area contributed by atoms with Crippen LogP contribution >= 0.6 is 0 Å². The van der Waals surface area contributed by atoms with Crippen molar-refractivity contribution in [2.24, 2.45) is 0 Å². The lowest BCUT2D eigenvalue weighted by molar-refractivity contribution is -0.385. The van der Waals surface area contributed by atoms with E-state index in [1.165, 1.54) is 0 Å². The number of carboxylic acid groups (broad SMARTS) is 2. The van der Waals surface area contributed by atoms with Crippen molar-refractivity contribution in [2.75, 3.05) is 11.5 Å². The van der Waals surface area contributed by atoms with Crippen molar-refractivity contribution in [2.45, 2.75) is 0 Å². The van der Waals surface area contributed by atoms with Crippen molar-refractivity contribution in [1.29, 1.82) is 0 Å². The average molecular weight is 364 g/mol. The molecule has 0 aromatic heterocycles. The van der Waals surface area contributed by atoms with Gasteiger partial charge in [0.2, 0.25) is 0 Å². The van der Waals surface area contributed by atoms with Crippen LogP contribution in [-0.2, 0) is 0 Å². The number of anilines is 2. The summed E-state index contributed by atoms with van der Waals surface area (Å²) in [7, 11) is 0. The third-order valence-electron chi connectivity index (χ3n) is 2.95. The number of nitro groups is 2. The van der Waals surface area contributed by atoms with Crippen molar-refractivity contribution in [3.05, 3.63) is 67.8 Å². The Morgan fingerprint density at radius 2 is 1.08 bits per heavy atom. The second kappa shape index (κ2) is 8.05. The van der Waals surface area contributed by atoms with Gasteiger partial charge in [0.1, 0.15) is 0 Å². The molecule has 136 valence electrons. The highest BCUT2D eigenvalue weighted by atomic mass is 16.6. The number of benzene rings is 2. The van der Waals surface area contributed by atoms with Crippen molar-refractivity contribution in [3.63, 3.8) is 0 Å². The van der Waals surface area contributed by atoms with E-state index < -0.39 is 21.8 Å². The Bertz CT molecular complexity index is 823. The predicted molar refractivity (Wildman–Crippen MR) is 88.9 cm³/mol. The Morgan fingerprint density at radius 1 is 0.769 bits per heavy atom. The number of hydrogen-bond donors (Lipinski definition) is 4. The molecule has 0 spiro atoms. The second-order valence-electron chi connectivity index (χ2n) is 4.67. The lowest BCUT2D eigenvalue weighted by Crippen LogP contribution is -2.02. The molecular weight excluding hydrogens is 352 g/mol.